The maximum atomic E-state index is 13.5. The molecule has 11 heteroatoms. The van der Waals surface area contributed by atoms with Gasteiger partial charge < -0.3 is 19.5 Å². The summed E-state index contributed by atoms with van der Waals surface area (Å²) in [5.41, 5.74) is -0.584. The molecule has 0 spiro atoms. The van der Waals surface area contributed by atoms with Gasteiger partial charge in [0.2, 0.25) is 5.91 Å². The molecule has 3 aromatic rings. The Morgan fingerprint density at radius 1 is 1.08 bits per heavy atom. The van der Waals surface area contributed by atoms with Gasteiger partial charge in [0.05, 0.1) is 37.8 Å². The van der Waals surface area contributed by atoms with Crippen molar-refractivity contribution in [1.29, 1.82) is 0 Å². The number of carbonyl (C=O) groups excluding carboxylic acids is 2. The summed E-state index contributed by atoms with van der Waals surface area (Å²) < 4.78 is 18.5. The van der Waals surface area contributed by atoms with Gasteiger partial charge in [-0.15, -0.1) is 0 Å². The highest BCUT2D eigenvalue weighted by atomic mass is 35.5. The van der Waals surface area contributed by atoms with Gasteiger partial charge in [0, 0.05) is 42.8 Å². The van der Waals surface area contributed by atoms with Crippen molar-refractivity contribution >= 4 is 34.2 Å². The monoisotopic (exact) mass is 543 g/mol. The van der Waals surface area contributed by atoms with Crippen molar-refractivity contribution in [3.8, 4) is 11.5 Å². The van der Waals surface area contributed by atoms with Crippen LogP contribution in [0.15, 0.2) is 46.0 Å². The zero-order valence-corrected chi connectivity index (χ0v) is 22.1. The third-order valence-electron chi connectivity index (χ3n) is 6.53. The van der Waals surface area contributed by atoms with E-state index in [1.807, 2.05) is 0 Å². The normalized spacial score (nSPS) is 15.0. The van der Waals surface area contributed by atoms with Crippen LogP contribution in [-0.2, 0) is 22.6 Å². The van der Waals surface area contributed by atoms with Gasteiger partial charge >= 0.3 is 5.69 Å². The molecule has 0 saturated carbocycles. The molecule has 0 bridgehead atoms. The number of aromatic nitrogens is 2. The van der Waals surface area contributed by atoms with E-state index < -0.39 is 11.2 Å². The summed E-state index contributed by atoms with van der Waals surface area (Å²) in [4.78, 5) is 52.3. The Morgan fingerprint density at radius 2 is 1.79 bits per heavy atom. The fourth-order valence-electron chi connectivity index (χ4n) is 4.48. The van der Waals surface area contributed by atoms with Crippen LogP contribution in [0.1, 0.15) is 36.0 Å². The molecule has 38 heavy (non-hydrogen) atoms. The zero-order chi connectivity index (χ0) is 27.2. The van der Waals surface area contributed by atoms with E-state index in [4.69, 9.17) is 25.8 Å². The number of benzene rings is 2. The Balaban J connectivity index is 1.64. The van der Waals surface area contributed by atoms with Crippen LogP contribution in [-0.4, -0.2) is 54.3 Å². The van der Waals surface area contributed by atoms with Gasteiger partial charge in [-0.05, 0) is 49.6 Å². The van der Waals surface area contributed by atoms with Crippen molar-refractivity contribution < 1.29 is 23.8 Å². The SMILES string of the molecule is COc1cc2c(=O)n(CCCC(=O)NCC3CCCO3)c(=O)n(CC(=O)c3ccc(Cl)cc3)c2cc1OC. The van der Waals surface area contributed by atoms with E-state index in [9.17, 15) is 19.2 Å². The molecule has 1 unspecified atom stereocenters. The van der Waals surface area contributed by atoms with E-state index in [2.05, 4.69) is 5.32 Å². The highest BCUT2D eigenvalue weighted by molar-refractivity contribution is 6.30. The van der Waals surface area contributed by atoms with Crippen LogP contribution in [0, 0.1) is 0 Å². The number of ketones is 1. The first-order valence-corrected chi connectivity index (χ1v) is 12.8. The molecule has 1 fully saturated rings. The number of halogens is 1. The van der Waals surface area contributed by atoms with E-state index in [1.165, 1.54) is 30.9 Å². The summed E-state index contributed by atoms with van der Waals surface area (Å²) in [5, 5.41) is 3.51. The molecular weight excluding hydrogens is 514 g/mol. The molecule has 1 N–H and O–H groups in total. The summed E-state index contributed by atoms with van der Waals surface area (Å²) in [6.45, 7) is 0.837. The van der Waals surface area contributed by atoms with Crippen molar-refractivity contribution in [3.63, 3.8) is 0 Å². The Labute approximate surface area is 224 Å². The number of Topliss-reactive ketones (excluding diaryl/α,β-unsaturated/α-hetero) is 1. The molecule has 202 valence electrons. The highest BCUT2D eigenvalue weighted by Gasteiger charge is 2.20. The van der Waals surface area contributed by atoms with E-state index in [-0.39, 0.29) is 54.6 Å². The molecule has 2 aromatic carbocycles. The molecule has 1 aliphatic heterocycles. The fourth-order valence-corrected chi connectivity index (χ4v) is 4.61. The number of hydrogen-bond donors (Lipinski definition) is 1. The third kappa shape index (κ3) is 6.08. The minimum Gasteiger partial charge on any atom is -0.493 e. The largest absolute Gasteiger partial charge is 0.493 e. The number of fused-ring (bicyclic) bond motifs is 1. The molecule has 1 atom stereocenters. The first kappa shape index (κ1) is 27.4. The molecule has 0 radical (unpaired) electrons. The van der Waals surface area contributed by atoms with E-state index in [1.54, 1.807) is 24.3 Å². The summed E-state index contributed by atoms with van der Waals surface area (Å²) in [6, 6.07) is 9.33. The van der Waals surface area contributed by atoms with Gasteiger partial charge in [-0.1, -0.05) is 11.6 Å². The lowest BCUT2D eigenvalue weighted by molar-refractivity contribution is -0.121. The number of ether oxygens (including phenoxy) is 3. The third-order valence-corrected chi connectivity index (χ3v) is 6.79. The molecule has 10 nitrogen and oxygen atoms in total. The summed E-state index contributed by atoms with van der Waals surface area (Å²) in [6.07, 6.45) is 2.31. The minimum absolute atomic E-state index is 0.00440. The smallest absolute Gasteiger partial charge is 0.331 e. The van der Waals surface area contributed by atoms with Gasteiger partial charge in [-0.3, -0.25) is 23.5 Å². The van der Waals surface area contributed by atoms with Gasteiger partial charge in [0.15, 0.2) is 17.3 Å². The van der Waals surface area contributed by atoms with Gasteiger partial charge in [0.1, 0.15) is 0 Å². The standard InChI is InChI=1S/C27H30ClN3O7/c1-36-23-13-20-21(14-24(23)37-2)31(16-22(32)17-7-9-18(28)10-8-17)27(35)30(26(20)34)11-3-6-25(33)29-15-19-5-4-12-38-19/h7-10,13-14,19H,3-6,11-12,15-16H2,1-2H3,(H,29,33). The molecule has 1 amide bonds. The van der Waals surface area contributed by atoms with Crippen LogP contribution >= 0.6 is 11.6 Å². The number of nitrogens with one attached hydrogen (secondary N) is 1. The minimum atomic E-state index is -0.656. The Hall–Kier alpha value is -3.63. The quantitative estimate of drug-likeness (QED) is 0.369. The molecular formula is C27H30ClN3O7. The molecule has 4 rings (SSSR count). The van der Waals surface area contributed by atoms with Crippen molar-refractivity contribution in [2.75, 3.05) is 27.4 Å². The van der Waals surface area contributed by atoms with Crippen LogP contribution in [0.25, 0.3) is 10.9 Å². The van der Waals surface area contributed by atoms with Crippen molar-refractivity contribution in [3.05, 3.63) is 67.8 Å². The predicted octanol–water partition coefficient (Wildman–Crippen LogP) is 2.79. The second-order valence-corrected chi connectivity index (χ2v) is 9.46. The zero-order valence-electron chi connectivity index (χ0n) is 21.3. The van der Waals surface area contributed by atoms with Gasteiger partial charge in [-0.2, -0.15) is 0 Å². The van der Waals surface area contributed by atoms with Crippen LogP contribution < -0.4 is 26.0 Å². The maximum Gasteiger partial charge on any atom is 0.331 e. The van der Waals surface area contributed by atoms with Crippen LogP contribution in [0.4, 0.5) is 0 Å². The first-order chi connectivity index (χ1) is 18.3. The van der Waals surface area contributed by atoms with E-state index >= 15 is 0 Å². The van der Waals surface area contributed by atoms with Crippen molar-refractivity contribution in [2.24, 2.45) is 0 Å². The second-order valence-electron chi connectivity index (χ2n) is 9.02. The summed E-state index contributed by atoms with van der Waals surface area (Å²) >= 11 is 5.94. The van der Waals surface area contributed by atoms with Gasteiger partial charge in [0.25, 0.3) is 5.56 Å². The Kier molecular flexibility index (Phi) is 8.85. The molecule has 0 aliphatic carbocycles. The van der Waals surface area contributed by atoms with Crippen molar-refractivity contribution in [1.82, 2.24) is 14.5 Å². The van der Waals surface area contributed by atoms with Crippen LogP contribution in [0.5, 0.6) is 11.5 Å². The molecule has 1 aliphatic rings. The van der Waals surface area contributed by atoms with Gasteiger partial charge in [-0.25, -0.2) is 4.79 Å². The Morgan fingerprint density at radius 3 is 2.45 bits per heavy atom. The lowest BCUT2D eigenvalue weighted by Crippen LogP contribution is -2.41. The number of hydrogen-bond acceptors (Lipinski definition) is 7. The topological polar surface area (TPSA) is 118 Å². The number of amides is 1. The molecule has 1 saturated heterocycles. The van der Waals surface area contributed by atoms with Crippen LogP contribution in [0.3, 0.4) is 0 Å². The van der Waals surface area contributed by atoms with E-state index in [0.717, 1.165) is 17.4 Å². The Bertz CT molecular complexity index is 1440. The lowest BCUT2D eigenvalue weighted by atomic mass is 10.1. The fraction of sp³-hybridized carbons (Fsp3) is 0.407. The number of carbonyl (C=O) groups is 2. The maximum absolute atomic E-state index is 13.5. The number of nitrogens with zero attached hydrogens (tertiary/aromatic N) is 2. The highest BCUT2D eigenvalue weighted by Crippen LogP contribution is 2.30. The van der Waals surface area contributed by atoms with Crippen LogP contribution in [0.2, 0.25) is 5.02 Å². The average molecular weight is 544 g/mol. The van der Waals surface area contributed by atoms with E-state index in [0.29, 0.717) is 35.2 Å². The lowest BCUT2D eigenvalue weighted by Gasteiger charge is -2.16. The van der Waals surface area contributed by atoms with Crippen molar-refractivity contribution in [2.45, 2.75) is 44.9 Å². The number of rotatable bonds is 11. The molecule has 2 heterocycles. The summed E-state index contributed by atoms with van der Waals surface area (Å²) in [7, 11) is 2.88. The molecule has 1 aromatic heterocycles. The summed E-state index contributed by atoms with van der Waals surface area (Å²) in [5.74, 6) is 0.107. The predicted molar refractivity (Wildman–Crippen MR) is 143 cm³/mol. The average Bonchev–Trinajstić information content (AvgIpc) is 3.45. The second kappa shape index (κ2) is 12.3. The number of methoxy groups -OCH3 is 2. The first-order valence-electron chi connectivity index (χ1n) is 12.4.